The Kier molecular flexibility index (Phi) is 5.89. The van der Waals surface area contributed by atoms with Crippen molar-refractivity contribution in [2.24, 2.45) is 0 Å². The lowest BCUT2D eigenvalue weighted by Crippen LogP contribution is -2.08. The molecule has 0 atom stereocenters. The van der Waals surface area contributed by atoms with Gasteiger partial charge in [0.1, 0.15) is 0 Å². The van der Waals surface area contributed by atoms with Crippen molar-refractivity contribution < 1.29 is 39.2 Å². The van der Waals surface area contributed by atoms with Crippen molar-refractivity contribution in [3.05, 3.63) is 57.6 Å². The van der Waals surface area contributed by atoms with Crippen molar-refractivity contribution in [1.82, 2.24) is 0 Å². The average Bonchev–Trinajstić information content (AvgIpc) is 2.52. The van der Waals surface area contributed by atoms with Gasteiger partial charge in [0, 0.05) is 28.9 Å². The molecule has 0 saturated carbocycles. The number of rotatable bonds is 7. The molecule has 4 N–H and O–H groups in total. The standard InChI is InChI=1S/C14H12N2O10S2/c15-11-5-3-9(13(7-11)25-27(19,20)21)1-2-10-4-6-12(16(17)18)8-14(10)26-28(22,23)24/h1-8H,15H2,(H,19,20,21)(H,22,23,24). The highest BCUT2D eigenvalue weighted by molar-refractivity contribution is 7.81. The van der Waals surface area contributed by atoms with E-state index in [2.05, 4.69) is 8.37 Å². The maximum Gasteiger partial charge on any atom is 0.446 e. The molecule has 0 fully saturated rings. The van der Waals surface area contributed by atoms with E-state index in [4.69, 9.17) is 14.8 Å². The fourth-order valence-corrected chi connectivity index (χ4v) is 2.76. The van der Waals surface area contributed by atoms with Gasteiger partial charge in [-0.15, -0.1) is 0 Å². The number of nitrogens with two attached hydrogens (primary N) is 1. The van der Waals surface area contributed by atoms with E-state index >= 15 is 0 Å². The van der Waals surface area contributed by atoms with Crippen molar-refractivity contribution in [1.29, 1.82) is 0 Å². The summed E-state index contributed by atoms with van der Waals surface area (Å²) in [5, 5.41) is 10.8. The largest absolute Gasteiger partial charge is 0.446 e. The molecule has 0 radical (unpaired) electrons. The number of nitrogen functional groups attached to an aromatic ring is 1. The van der Waals surface area contributed by atoms with E-state index < -0.39 is 37.2 Å². The first-order valence-corrected chi connectivity index (χ1v) is 9.77. The molecule has 0 aliphatic rings. The van der Waals surface area contributed by atoms with Crippen LogP contribution in [0.25, 0.3) is 12.2 Å². The van der Waals surface area contributed by atoms with Crippen molar-refractivity contribution in [2.45, 2.75) is 0 Å². The molecule has 0 heterocycles. The summed E-state index contributed by atoms with van der Waals surface area (Å²) in [7, 11) is -9.82. The van der Waals surface area contributed by atoms with Gasteiger partial charge in [-0.3, -0.25) is 19.2 Å². The molecule has 0 unspecified atom stereocenters. The van der Waals surface area contributed by atoms with E-state index in [1.54, 1.807) is 0 Å². The van der Waals surface area contributed by atoms with Crippen LogP contribution in [-0.4, -0.2) is 30.9 Å². The van der Waals surface area contributed by atoms with Crippen LogP contribution in [0, 0.1) is 10.1 Å². The number of nitrogens with zero attached hydrogens (tertiary/aromatic N) is 1. The first-order valence-electron chi connectivity index (χ1n) is 7.04. The van der Waals surface area contributed by atoms with Gasteiger partial charge < -0.3 is 14.1 Å². The van der Waals surface area contributed by atoms with E-state index in [9.17, 15) is 26.9 Å². The van der Waals surface area contributed by atoms with Crippen molar-refractivity contribution in [2.75, 3.05) is 5.73 Å². The molecule has 2 aromatic carbocycles. The fourth-order valence-electron chi connectivity index (χ4n) is 2.01. The summed E-state index contributed by atoms with van der Waals surface area (Å²) in [6.07, 6.45) is 2.44. The van der Waals surface area contributed by atoms with E-state index in [1.165, 1.54) is 24.3 Å². The van der Waals surface area contributed by atoms with Crippen molar-refractivity contribution >= 4 is 44.3 Å². The summed E-state index contributed by atoms with van der Waals surface area (Å²) in [5.41, 5.74) is 5.24. The Balaban J connectivity index is 2.50. The second-order valence-corrected chi connectivity index (χ2v) is 7.18. The third-order valence-corrected chi connectivity index (χ3v) is 3.86. The smallest absolute Gasteiger partial charge is 0.399 e. The molecule has 12 nitrogen and oxygen atoms in total. The fraction of sp³-hybridized carbons (Fsp3) is 0. The highest BCUT2D eigenvalue weighted by Gasteiger charge is 2.16. The Morgan fingerprint density at radius 3 is 1.82 bits per heavy atom. The van der Waals surface area contributed by atoms with Crippen LogP contribution >= 0.6 is 0 Å². The molecule has 0 amide bonds. The Hall–Kier alpha value is -3.20. The van der Waals surface area contributed by atoms with Crippen molar-refractivity contribution in [3.63, 3.8) is 0 Å². The monoisotopic (exact) mass is 432 g/mol. The maximum absolute atomic E-state index is 11.0. The highest BCUT2D eigenvalue weighted by Crippen LogP contribution is 2.30. The number of benzene rings is 2. The number of anilines is 1. The molecule has 0 aliphatic carbocycles. The summed E-state index contributed by atoms with van der Waals surface area (Å²) in [6.45, 7) is 0. The molecular weight excluding hydrogens is 420 g/mol. The lowest BCUT2D eigenvalue weighted by Gasteiger charge is -2.08. The summed E-state index contributed by atoms with van der Waals surface area (Å²) in [4.78, 5) is 10.0. The lowest BCUT2D eigenvalue weighted by molar-refractivity contribution is -0.384. The lowest BCUT2D eigenvalue weighted by atomic mass is 10.1. The zero-order valence-electron chi connectivity index (χ0n) is 13.6. The number of hydrogen-bond donors (Lipinski definition) is 3. The third-order valence-electron chi connectivity index (χ3n) is 3.08. The minimum absolute atomic E-state index is 0.0159. The molecule has 14 heteroatoms. The molecule has 0 aliphatic heterocycles. The van der Waals surface area contributed by atoms with Crippen LogP contribution in [0.1, 0.15) is 11.1 Å². The molecule has 28 heavy (non-hydrogen) atoms. The van der Waals surface area contributed by atoms with Gasteiger partial charge in [0.05, 0.1) is 11.0 Å². The predicted molar refractivity (Wildman–Crippen MR) is 97.2 cm³/mol. The summed E-state index contributed by atoms with van der Waals surface area (Å²) >= 11 is 0. The van der Waals surface area contributed by atoms with Crippen LogP contribution in [0.3, 0.4) is 0 Å². The Labute approximate surface area is 158 Å². The normalized spacial score (nSPS) is 12.1. The van der Waals surface area contributed by atoms with Gasteiger partial charge in [-0.25, -0.2) is 0 Å². The Morgan fingerprint density at radius 1 is 0.893 bits per heavy atom. The molecule has 0 spiro atoms. The molecule has 0 bridgehead atoms. The number of nitro groups is 1. The van der Waals surface area contributed by atoms with E-state index in [0.29, 0.717) is 0 Å². The SMILES string of the molecule is Nc1ccc(C=Cc2ccc([N+](=O)[O-])cc2OS(=O)(=O)O)c(OS(=O)(=O)O)c1. The average molecular weight is 432 g/mol. The number of nitro benzene ring substituents is 1. The van der Waals surface area contributed by atoms with Gasteiger partial charge in [0.2, 0.25) is 0 Å². The van der Waals surface area contributed by atoms with Crippen LogP contribution < -0.4 is 14.1 Å². The van der Waals surface area contributed by atoms with Crippen LogP contribution in [0.4, 0.5) is 11.4 Å². The number of non-ortho nitro benzene ring substituents is 1. The van der Waals surface area contributed by atoms with Crippen LogP contribution in [0.15, 0.2) is 36.4 Å². The second kappa shape index (κ2) is 7.81. The molecule has 150 valence electrons. The van der Waals surface area contributed by atoms with Gasteiger partial charge in [-0.1, -0.05) is 12.2 Å². The molecule has 2 rings (SSSR count). The molecule has 0 aromatic heterocycles. The number of hydrogen-bond acceptors (Lipinski definition) is 9. The van der Waals surface area contributed by atoms with E-state index in [0.717, 1.165) is 24.3 Å². The Bertz CT molecular complexity index is 1160. The topological polar surface area (TPSA) is 196 Å². The first kappa shape index (κ1) is 21.1. The van der Waals surface area contributed by atoms with Crippen molar-refractivity contribution in [3.8, 4) is 11.5 Å². The summed E-state index contributed by atoms with van der Waals surface area (Å²) < 4.78 is 70.2. The van der Waals surface area contributed by atoms with Gasteiger partial charge in [-0.05, 0) is 18.2 Å². The zero-order valence-corrected chi connectivity index (χ0v) is 15.3. The van der Waals surface area contributed by atoms with Gasteiger partial charge in [0.25, 0.3) is 5.69 Å². The summed E-state index contributed by atoms with van der Waals surface area (Å²) in [6, 6.07) is 6.79. The van der Waals surface area contributed by atoms with E-state index in [1.807, 2.05) is 0 Å². The van der Waals surface area contributed by atoms with Crippen LogP contribution in [0.2, 0.25) is 0 Å². The van der Waals surface area contributed by atoms with Gasteiger partial charge in [-0.2, -0.15) is 16.8 Å². The second-order valence-electron chi connectivity index (χ2n) is 5.13. The molecule has 0 saturated heterocycles. The zero-order chi connectivity index (χ0) is 21.1. The van der Waals surface area contributed by atoms with Crippen LogP contribution in [0.5, 0.6) is 11.5 Å². The van der Waals surface area contributed by atoms with Crippen LogP contribution in [-0.2, 0) is 20.8 Å². The first-order chi connectivity index (χ1) is 12.8. The minimum Gasteiger partial charge on any atom is -0.399 e. The minimum atomic E-state index is -4.97. The maximum atomic E-state index is 11.0. The van der Waals surface area contributed by atoms with Gasteiger partial charge >= 0.3 is 20.8 Å². The highest BCUT2D eigenvalue weighted by atomic mass is 32.3. The van der Waals surface area contributed by atoms with E-state index in [-0.39, 0.29) is 22.6 Å². The van der Waals surface area contributed by atoms with Gasteiger partial charge in [0.15, 0.2) is 11.5 Å². The quantitative estimate of drug-likeness (QED) is 0.189. The predicted octanol–water partition coefficient (Wildman–Crippen LogP) is 1.71. The molecule has 2 aromatic rings. The summed E-state index contributed by atoms with van der Waals surface area (Å²) in [5.74, 6) is -0.890. The molecular formula is C14H12N2O10S2. The third kappa shape index (κ3) is 6.20. The Morgan fingerprint density at radius 2 is 1.36 bits per heavy atom.